The molecule has 0 aromatic heterocycles. The van der Waals surface area contributed by atoms with Gasteiger partial charge in [-0.15, -0.1) is 0 Å². The van der Waals surface area contributed by atoms with Gasteiger partial charge in [-0.25, -0.2) is 0 Å². The van der Waals surface area contributed by atoms with E-state index in [-0.39, 0.29) is 6.61 Å². The second kappa shape index (κ2) is 11.9. The van der Waals surface area contributed by atoms with Crippen LogP contribution in [-0.4, -0.2) is 30.6 Å². The lowest BCUT2D eigenvalue weighted by Crippen LogP contribution is -2.36. The molecule has 0 bridgehead atoms. The van der Waals surface area contributed by atoms with Gasteiger partial charge in [-0.3, -0.25) is 20.4 Å². The molecule has 2 aromatic carbocycles. The molecule has 0 spiro atoms. The highest BCUT2D eigenvalue weighted by Crippen LogP contribution is 2.26. The average Bonchev–Trinajstić information content (AvgIpc) is 2.73. The largest absolute Gasteiger partial charge is 0.395 e. The van der Waals surface area contributed by atoms with Crippen molar-refractivity contribution in [3.8, 4) is 12.1 Å². The SMILES string of the molecule is Cc1c(NCCO)ccc(C#N)c1Cl.N#Cc1ccc(C(=O)NNC=O)cc1. The van der Waals surface area contributed by atoms with Gasteiger partial charge in [0, 0.05) is 17.8 Å². The molecule has 0 atom stereocenters. The van der Waals surface area contributed by atoms with E-state index in [4.69, 9.17) is 27.2 Å². The first-order valence-electron chi connectivity index (χ1n) is 8.02. The summed E-state index contributed by atoms with van der Waals surface area (Å²) in [5, 5.41) is 29.3. The fourth-order valence-corrected chi connectivity index (χ4v) is 2.22. The minimum absolute atomic E-state index is 0.0665. The highest BCUT2D eigenvalue weighted by atomic mass is 35.5. The summed E-state index contributed by atoms with van der Waals surface area (Å²) in [6.07, 6.45) is 0.363. The van der Waals surface area contributed by atoms with Crippen LogP contribution in [0.1, 0.15) is 27.0 Å². The highest BCUT2D eigenvalue weighted by molar-refractivity contribution is 6.32. The average molecular weight is 400 g/mol. The van der Waals surface area contributed by atoms with E-state index in [0.29, 0.717) is 34.7 Å². The summed E-state index contributed by atoms with van der Waals surface area (Å²) >= 11 is 5.95. The van der Waals surface area contributed by atoms with Crippen LogP contribution in [0.4, 0.5) is 5.69 Å². The van der Waals surface area contributed by atoms with Gasteiger partial charge in [0.1, 0.15) is 6.07 Å². The normalized spacial score (nSPS) is 9.04. The quantitative estimate of drug-likeness (QED) is 0.432. The van der Waals surface area contributed by atoms with Gasteiger partial charge in [0.15, 0.2) is 0 Å². The van der Waals surface area contributed by atoms with Crippen LogP contribution < -0.4 is 16.2 Å². The van der Waals surface area contributed by atoms with Crippen LogP contribution in [0.25, 0.3) is 0 Å². The number of hydrazine groups is 1. The van der Waals surface area contributed by atoms with Crippen LogP contribution in [-0.2, 0) is 4.79 Å². The minimum Gasteiger partial charge on any atom is -0.395 e. The Kier molecular flexibility index (Phi) is 9.55. The van der Waals surface area contributed by atoms with Crippen molar-refractivity contribution in [2.75, 3.05) is 18.5 Å². The maximum Gasteiger partial charge on any atom is 0.269 e. The van der Waals surface area contributed by atoms with Crippen molar-refractivity contribution in [1.82, 2.24) is 10.9 Å². The van der Waals surface area contributed by atoms with Crippen molar-refractivity contribution < 1.29 is 14.7 Å². The van der Waals surface area contributed by atoms with E-state index in [9.17, 15) is 9.59 Å². The number of hydrogen-bond donors (Lipinski definition) is 4. The Balaban J connectivity index is 0.000000280. The zero-order valence-electron chi connectivity index (χ0n) is 15.0. The maximum absolute atomic E-state index is 11.2. The predicted octanol–water partition coefficient (Wildman–Crippen LogP) is 1.87. The molecule has 0 aliphatic carbocycles. The number of anilines is 1. The molecule has 144 valence electrons. The second-order valence-corrected chi connectivity index (χ2v) is 5.65. The summed E-state index contributed by atoms with van der Waals surface area (Å²) in [7, 11) is 0. The fraction of sp³-hybridized carbons (Fsp3) is 0.158. The zero-order chi connectivity index (χ0) is 20.9. The Hall–Kier alpha value is -3.59. The van der Waals surface area contributed by atoms with E-state index in [1.54, 1.807) is 12.1 Å². The number of aliphatic hydroxyl groups excluding tert-OH is 1. The Morgan fingerprint density at radius 1 is 1.18 bits per heavy atom. The maximum atomic E-state index is 11.2. The molecule has 0 heterocycles. The van der Waals surface area contributed by atoms with Gasteiger partial charge < -0.3 is 10.4 Å². The molecule has 0 radical (unpaired) electrons. The number of halogens is 1. The summed E-state index contributed by atoms with van der Waals surface area (Å²) in [6.45, 7) is 2.38. The molecule has 2 amide bonds. The lowest BCUT2D eigenvalue weighted by atomic mass is 10.1. The molecule has 0 unspecified atom stereocenters. The van der Waals surface area contributed by atoms with Crippen molar-refractivity contribution in [2.24, 2.45) is 0 Å². The number of rotatable bonds is 6. The van der Waals surface area contributed by atoms with E-state index < -0.39 is 5.91 Å². The summed E-state index contributed by atoms with van der Waals surface area (Å²) in [4.78, 5) is 21.1. The third kappa shape index (κ3) is 6.61. The molecule has 2 rings (SSSR count). The minimum atomic E-state index is -0.429. The number of nitrogens with one attached hydrogen (secondary N) is 3. The van der Waals surface area contributed by atoms with Crippen molar-refractivity contribution in [1.29, 1.82) is 10.5 Å². The van der Waals surface area contributed by atoms with E-state index in [2.05, 4.69) is 10.7 Å². The number of nitriles is 2. The molecule has 2 aromatic rings. The Bertz CT molecular complexity index is 902. The first kappa shape index (κ1) is 22.5. The highest BCUT2D eigenvalue weighted by Gasteiger charge is 2.06. The van der Waals surface area contributed by atoms with E-state index in [0.717, 1.165) is 11.3 Å². The molecule has 9 heteroatoms. The van der Waals surface area contributed by atoms with E-state index in [1.165, 1.54) is 24.3 Å². The molecule has 0 aliphatic rings. The number of nitrogens with zero attached hydrogens (tertiary/aromatic N) is 2. The first-order valence-corrected chi connectivity index (χ1v) is 8.39. The van der Waals surface area contributed by atoms with Crippen molar-refractivity contribution in [3.63, 3.8) is 0 Å². The standard InChI is InChI=1S/C10H11ClN2O.C9H7N3O2/c1-7-9(13-4-5-14)3-2-8(6-12)10(7)11;10-5-7-1-3-8(4-2-7)9(14)12-11-6-13/h2-3,13-14H,4-5H2,1H3;1-4,6H,(H,11,13)(H,12,14). The lowest BCUT2D eigenvalue weighted by Gasteiger charge is -2.10. The van der Waals surface area contributed by atoms with Crippen LogP contribution in [0, 0.1) is 29.6 Å². The molecule has 0 aliphatic heterocycles. The van der Waals surface area contributed by atoms with E-state index in [1.807, 2.05) is 24.5 Å². The summed E-state index contributed by atoms with van der Waals surface area (Å²) in [6, 6.07) is 13.4. The number of benzene rings is 2. The van der Waals surface area contributed by atoms with Gasteiger partial charge in [0.25, 0.3) is 5.91 Å². The van der Waals surface area contributed by atoms with Crippen LogP contribution in [0.3, 0.4) is 0 Å². The number of carbonyl (C=O) groups is 2. The van der Waals surface area contributed by atoms with Crippen molar-refractivity contribution >= 4 is 29.6 Å². The van der Waals surface area contributed by atoms with Gasteiger partial charge >= 0.3 is 0 Å². The van der Waals surface area contributed by atoms with Gasteiger partial charge in [0.05, 0.1) is 28.8 Å². The number of carbonyl (C=O) groups excluding carboxylic acids is 2. The monoisotopic (exact) mass is 399 g/mol. The van der Waals surface area contributed by atoms with Crippen molar-refractivity contribution in [2.45, 2.75) is 6.92 Å². The first-order chi connectivity index (χ1) is 13.5. The van der Waals surface area contributed by atoms with Gasteiger partial charge in [-0.1, -0.05) is 11.6 Å². The van der Waals surface area contributed by atoms with Gasteiger partial charge in [-0.05, 0) is 48.9 Å². The number of amides is 2. The number of hydrogen-bond acceptors (Lipinski definition) is 6. The molecule has 8 nitrogen and oxygen atoms in total. The number of aliphatic hydroxyl groups is 1. The third-order valence-electron chi connectivity index (χ3n) is 3.45. The molecular weight excluding hydrogens is 382 g/mol. The summed E-state index contributed by atoms with van der Waals surface area (Å²) in [5.41, 5.74) is 7.18. The second-order valence-electron chi connectivity index (χ2n) is 5.27. The zero-order valence-corrected chi connectivity index (χ0v) is 15.7. The summed E-state index contributed by atoms with van der Waals surface area (Å²) in [5.74, 6) is -0.429. The fourth-order valence-electron chi connectivity index (χ4n) is 2.02. The van der Waals surface area contributed by atoms with Crippen molar-refractivity contribution in [3.05, 3.63) is 63.7 Å². The Morgan fingerprint density at radius 2 is 1.86 bits per heavy atom. The smallest absolute Gasteiger partial charge is 0.269 e. The van der Waals surface area contributed by atoms with Crippen LogP contribution >= 0.6 is 11.6 Å². The summed E-state index contributed by atoms with van der Waals surface area (Å²) < 4.78 is 0. The topological polar surface area (TPSA) is 138 Å². The molecule has 0 saturated heterocycles. The predicted molar refractivity (Wildman–Crippen MR) is 104 cm³/mol. The lowest BCUT2D eigenvalue weighted by molar-refractivity contribution is -0.110. The van der Waals surface area contributed by atoms with Crippen LogP contribution in [0.2, 0.25) is 5.02 Å². The van der Waals surface area contributed by atoms with Gasteiger partial charge in [-0.2, -0.15) is 10.5 Å². The van der Waals surface area contributed by atoms with E-state index >= 15 is 0 Å². The molecule has 4 N–H and O–H groups in total. The third-order valence-corrected chi connectivity index (χ3v) is 3.94. The molecule has 28 heavy (non-hydrogen) atoms. The Morgan fingerprint density at radius 3 is 2.39 bits per heavy atom. The van der Waals surface area contributed by atoms with Gasteiger partial charge in [0.2, 0.25) is 6.41 Å². The molecular formula is C19H18ClN5O3. The van der Waals surface area contributed by atoms with Crippen LogP contribution in [0.5, 0.6) is 0 Å². The van der Waals surface area contributed by atoms with Crippen LogP contribution in [0.15, 0.2) is 36.4 Å². The molecule has 0 saturated carbocycles. The molecule has 0 fully saturated rings. The Labute approximate surface area is 167 Å².